The summed E-state index contributed by atoms with van der Waals surface area (Å²) in [4.78, 5) is 10.6. The molecule has 8 heteroatoms. The summed E-state index contributed by atoms with van der Waals surface area (Å²) in [6, 6.07) is 4.09. The highest BCUT2D eigenvalue weighted by atomic mass is 35.5. The van der Waals surface area contributed by atoms with Crippen LogP contribution in [0.4, 0.5) is 5.69 Å². The highest BCUT2D eigenvalue weighted by Gasteiger charge is 2.20. The minimum Gasteiger partial charge on any atom is -0.480 e. The van der Waals surface area contributed by atoms with Crippen LogP contribution in [0.1, 0.15) is 0 Å². The molecule has 0 atom stereocenters. The third kappa shape index (κ3) is 3.76. The Morgan fingerprint density at radius 1 is 1.35 bits per heavy atom. The fourth-order valence-electron chi connectivity index (χ4n) is 1.16. The maximum atomic E-state index is 11.5. The van der Waals surface area contributed by atoms with E-state index in [9.17, 15) is 13.2 Å². The molecule has 1 aromatic rings. The first-order chi connectivity index (χ1) is 7.71. The number of anilines is 1. The van der Waals surface area contributed by atoms with Crippen LogP contribution in [0.3, 0.4) is 0 Å². The van der Waals surface area contributed by atoms with Gasteiger partial charge < -0.3 is 5.11 Å². The van der Waals surface area contributed by atoms with Gasteiger partial charge in [0, 0.05) is 0 Å². The molecule has 0 amide bonds. The molecule has 0 radical (unpaired) electrons. The molecule has 0 saturated carbocycles. The van der Waals surface area contributed by atoms with Crippen molar-refractivity contribution >= 4 is 44.9 Å². The van der Waals surface area contributed by atoms with Crippen LogP contribution >= 0.6 is 23.2 Å². The van der Waals surface area contributed by atoms with Crippen molar-refractivity contribution in [2.75, 3.05) is 17.1 Å². The molecular formula is C9H9Cl2NO4S. The number of sulfonamides is 1. The van der Waals surface area contributed by atoms with Gasteiger partial charge in [-0.25, -0.2) is 8.42 Å². The first-order valence-electron chi connectivity index (χ1n) is 4.36. The summed E-state index contributed by atoms with van der Waals surface area (Å²) in [7, 11) is -3.69. The quantitative estimate of drug-likeness (QED) is 0.920. The lowest BCUT2D eigenvalue weighted by atomic mass is 10.3. The lowest BCUT2D eigenvalue weighted by Crippen LogP contribution is -2.34. The van der Waals surface area contributed by atoms with Crippen LogP contribution in [-0.2, 0) is 14.8 Å². The van der Waals surface area contributed by atoms with Crippen molar-refractivity contribution in [1.82, 2.24) is 0 Å². The first kappa shape index (κ1) is 14.1. The van der Waals surface area contributed by atoms with Crippen LogP contribution in [-0.4, -0.2) is 32.3 Å². The Kier molecular flexibility index (Phi) is 4.24. The van der Waals surface area contributed by atoms with Gasteiger partial charge in [0.15, 0.2) is 0 Å². The van der Waals surface area contributed by atoms with Gasteiger partial charge in [0.1, 0.15) is 6.54 Å². The van der Waals surface area contributed by atoms with E-state index in [0.29, 0.717) is 0 Å². The summed E-state index contributed by atoms with van der Waals surface area (Å²) in [5.41, 5.74) is 0.157. The average molecular weight is 298 g/mol. The topological polar surface area (TPSA) is 74.7 Å². The Bertz CT molecular complexity index is 544. The van der Waals surface area contributed by atoms with Gasteiger partial charge in [0.05, 0.1) is 22.0 Å². The molecule has 0 heterocycles. The normalized spacial score (nSPS) is 11.2. The number of carboxylic acids is 1. The third-order valence-corrected chi connectivity index (χ3v) is 3.75. The molecule has 5 nitrogen and oxygen atoms in total. The molecule has 17 heavy (non-hydrogen) atoms. The average Bonchev–Trinajstić information content (AvgIpc) is 2.17. The van der Waals surface area contributed by atoms with E-state index >= 15 is 0 Å². The van der Waals surface area contributed by atoms with E-state index in [-0.39, 0.29) is 15.7 Å². The van der Waals surface area contributed by atoms with Gasteiger partial charge in [-0.05, 0) is 18.2 Å². The summed E-state index contributed by atoms with van der Waals surface area (Å²) in [6.45, 7) is -0.670. The highest BCUT2D eigenvalue weighted by Crippen LogP contribution is 2.28. The van der Waals surface area contributed by atoms with Crippen LogP contribution in [0.15, 0.2) is 18.2 Å². The van der Waals surface area contributed by atoms with E-state index in [1.165, 1.54) is 18.2 Å². The van der Waals surface area contributed by atoms with Gasteiger partial charge in [-0.2, -0.15) is 0 Å². The first-order valence-corrected chi connectivity index (χ1v) is 6.97. The van der Waals surface area contributed by atoms with E-state index in [4.69, 9.17) is 28.3 Å². The van der Waals surface area contributed by atoms with Crippen LogP contribution in [0.2, 0.25) is 10.0 Å². The van der Waals surface area contributed by atoms with Gasteiger partial charge >= 0.3 is 5.97 Å². The Balaban J connectivity index is 3.22. The standard InChI is InChI=1S/C9H9Cl2NO4S/c1-17(15,16)12(5-9(13)14)6-2-3-7(10)8(11)4-6/h2-4H,5H2,1H3,(H,13,14). The van der Waals surface area contributed by atoms with Crippen molar-refractivity contribution in [1.29, 1.82) is 0 Å². The molecule has 0 saturated heterocycles. The molecule has 1 aromatic carbocycles. The molecule has 0 aromatic heterocycles. The summed E-state index contributed by atoms with van der Waals surface area (Å²) in [5.74, 6) is -1.26. The lowest BCUT2D eigenvalue weighted by molar-refractivity contribution is -0.135. The monoisotopic (exact) mass is 297 g/mol. The smallest absolute Gasteiger partial charge is 0.324 e. The predicted molar refractivity (Wildman–Crippen MR) is 66.3 cm³/mol. The van der Waals surface area contributed by atoms with E-state index < -0.39 is 22.5 Å². The molecule has 1 N–H and O–H groups in total. The van der Waals surface area contributed by atoms with Gasteiger partial charge in [0.2, 0.25) is 10.0 Å². The number of nitrogens with zero attached hydrogens (tertiary/aromatic N) is 1. The summed E-state index contributed by atoms with van der Waals surface area (Å²) in [6.07, 6.45) is 0.915. The van der Waals surface area contributed by atoms with Gasteiger partial charge in [-0.15, -0.1) is 0 Å². The van der Waals surface area contributed by atoms with E-state index in [1.54, 1.807) is 0 Å². The zero-order valence-corrected chi connectivity index (χ0v) is 11.1. The Labute approximate surface area is 109 Å². The number of halogens is 2. The molecule has 0 bridgehead atoms. The largest absolute Gasteiger partial charge is 0.480 e. The fraction of sp³-hybridized carbons (Fsp3) is 0.222. The second kappa shape index (κ2) is 5.12. The Morgan fingerprint density at radius 2 is 1.94 bits per heavy atom. The summed E-state index contributed by atoms with van der Waals surface area (Å²) in [5, 5.41) is 9.09. The van der Waals surface area contributed by atoms with Crippen LogP contribution in [0.25, 0.3) is 0 Å². The van der Waals surface area contributed by atoms with E-state index in [1.807, 2.05) is 0 Å². The van der Waals surface area contributed by atoms with Crippen molar-refractivity contribution in [3.8, 4) is 0 Å². The SMILES string of the molecule is CS(=O)(=O)N(CC(=O)O)c1ccc(Cl)c(Cl)c1. The van der Waals surface area contributed by atoms with Crippen LogP contribution < -0.4 is 4.31 Å². The van der Waals surface area contributed by atoms with Crippen molar-refractivity contribution in [3.05, 3.63) is 28.2 Å². The molecule has 0 spiro atoms. The number of hydrogen-bond acceptors (Lipinski definition) is 3. The highest BCUT2D eigenvalue weighted by molar-refractivity contribution is 7.92. The van der Waals surface area contributed by atoms with Crippen molar-refractivity contribution in [2.24, 2.45) is 0 Å². The summed E-state index contributed by atoms with van der Waals surface area (Å²) < 4.78 is 23.6. The second-order valence-electron chi connectivity index (χ2n) is 3.26. The van der Waals surface area contributed by atoms with Gasteiger partial charge in [0.25, 0.3) is 0 Å². The number of carboxylic acid groups (broad SMARTS) is 1. The molecule has 1 rings (SSSR count). The number of carbonyl (C=O) groups is 1. The third-order valence-electron chi connectivity index (χ3n) is 1.87. The fourth-order valence-corrected chi connectivity index (χ4v) is 2.30. The zero-order valence-electron chi connectivity index (χ0n) is 8.72. The lowest BCUT2D eigenvalue weighted by Gasteiger charge is -2.20. The number of rotatable bonds is 4. The van der Waals surface area contributed by atoms with Gasteiger partial charge in [-0.3, -0.25) is 9.10 Å². The van der Waals surface area contributed by atoms with E-state index in [2.05, 4.69) is 0 Å². The number of benzene rings is 1. The van der Waals surface area contributed by atoms with Crippen LogP contribution in [0, 0.1) is 0 Å². The molecule has 0 fully saturated rings. The number of hydrogen-bond donors (Lipinski definition) is 1. The predicted octanol–water partition coefficient (Wildman–Crippen LogP) is 1.84. The van der Waals surface area contributed by atoms with Crippen LogP contribution in [0.5, 0.6) is 0 Å². The molecule has 0 aliphatic heterocycles. The Hall–Kier alpha value is -0.980. The molecule has 0 aliphatic carbocycles. The zero-order chi connectivity index (χ0) is 13.2. The second-order valence-corrected chi connectivity index (χ2v) is 5.98. The maximum absolute atomic E-state index is 11.5. The molecule has 0 unspecified atom stereocenters. The Morgan fingerprint density at radius 3 is 2.35 bits per heavy atom. The van der Waals surface area contributed by atoms with Crippen molar-refractivity contribution in [2.45, 2.75) is 0 Å². The number of aliphatic carboxylic acids is 1. The molecular weight excluding hydrogens is 289 g/mol. The van der Waals surface area contributed by atoms with E-state index in [0.717, 1.165) is 10.6 Å². The molecule has 0 aliphatic rings. The van der Waals surface area contributed by atoms with Gasteiger partial charge in [-0.1, -0.05) is 23.2 Å². The van der Waals surface area contributed by atoms with Crippen molar-refractivity contribution in [3.63, 3.8) is 0 Å². The minimum atomic E-state index is -3.69. The van der Waals surface area contributed by atoms with Crippen molar-refractivity contribution < 1.29 is 18.3 Å². The maximum Gasteiger partial charge on any atom is 0.324 e. The minimum absolute atomic E-state index is 0.156. The summed E-state index contributed by atoms with van der Waals surface area (Å²) >= 11 is 11.4. The molecule has 94 valence electrons.